The Labute approximate surface area is 104 Å². The summed E-state index contributed by atoms with van der Waals surface area (Å²) in [6.45, 7) is 1.24. The van der Waals surface area contributed by atoms with E-state index in [0.717, 1.165) is 25.5 Å². The monoisotopic (exact) mass is 254 g/mol. The van der Waals surface area contributed by atoms with Crippen LogP contribution in [0.4, 0.5) is 4.39 Å². The van der Waals surface area contributed by atoms with Gasteiger partial charge in [-0.05, 0) is 36.6 Å². The van der Waals surface area contributed by atoms with Gasteiger partial charge in [0.15, 0.2) is 0 Å². The van der Waals surface area contributed by atoms with Crippen LogP contribution >= 0.6 is 0 Å². The third kappa shape index (κ3) is 3.27. The van der Waals surface area contributed by atoms with E-state index >= 15 is 0 Å². The van der Waals surface area contributed by atoms with Crippen LogP contribution in [0.2, 0.25) is 0 Å². The number of hydrogen-bond acceptors (Lipinski definition) is 3. The molecule has 0 aliphatic carbocycles. The molecule has 1 unspecified atom stereocenters. The van der Waals surface area contributed by atoms with Gasteiger partial charge in [0.25, 0.3) is 0 Å². The predicted octanol–water partition coefficient (Wildman–Crippen LogP) is 2.22. The Hall–Kier alpha value is -1.46. The summed E-state index contributed by atoms with van der Waals surface area (Å²) < 4.78 is 23.8. The van der Waals surface area contributed by atoms with E-state index in [4.69, 9.17) is 14.6 Å². The van der Waals surface area contributed by atoms with E-state index in [0.29, 0.717) is 12.2 Å². The van der Waals surface area contributed by atoms with Crippen LogP contribution in [-0.4, -0.2) is 30.4 Å². The van der Waals surface area contributed by atoms with Crippen LogP contribution in [0.1, 0.15) is 28.8 Å². The molecule has 98 valence electrons. The van der Waals surface area contributed by atoms with Crippen LogP contribution in [0.15, 0.2) is 18.2 Å². The number of carbonyl (C=O) groups is 1. The van der Waals surface area contributed by atoms with Gasteiger partial charge in [-0.1, -0.05) is 0 Å². The van der Waals surface area contributed by atoms with E-state index < -0.39 is 11.8 Å². The quantitative estimate of drug-likeness (QED) is 0.875. The molecule has 1 aromatic carbocycles. The highest BCUT2D eigenvalue weighted by Crippen LogP contribution is 2.15. The highest BCUT2D eigenvalue weighted by Gasteiger charge is 2.16. The molecule has 2 rings (SSSR count). The normalized spacial score (nSPS) is 19.1. The number of aromatic carboxylic acids is 1. The van der Waals surface area contributed by atoms with Gasteiger partial charge in [-0.3, -0.25) is 0 Å². The summed E-state index contributed by atoms with van der Waals surface area (Å²) in [4.78, 5) is 10.9. The number of ether oxygens (including phenoxy) is 2. The fraction of sp³-hybridized carbons (Fsp3) is 0.462. The molecule has 0 saturated carbocycles. The van der Waals surface area contributed by atoms with Gasteiger partial charge in [0.2, 0.25) is 0 Å². The van der Waals surface area contributed by atoms with Gasteiger partial charge in [0, 0.05) is 6.61 Å². The maximum absolute atomic E-state index is 13.1. The van der Waals surface area contributed by atoms with E-state index in [2.05, 4.69) is 0 Å². The van der Waals surface area contributed by atoms with E-state index in [1.165, 1.54) is 12.1 Å². The lowest BCUT2D eigenvalue weighted by Crippen LogP contribution is -2.14. The number of halogens is 1. The highest BCUT2D eigenvalue weighted by molar-refractivity contribution is 5.89. The van der Waals surface area contributed by atoms with Crippen LogP contribution in [-0.2, 0) is 16.1 Å². The Morgan fingerprint density at radius 2 is 2.39 bits per heavy atom. The molecule has 4 nitrogen and oxygen atoms in total. The molecule has 0 aromatic heterocycles. The molecular weight excluding hydrogens is 239 g/mol. The zero-order valence-corrected chi connectivity index (χ0v) is 9.89. The Morgan fingerprint density at radius 1 is 1.56 bits per heavy atom. The second kappa shape index (κ2) is 5.93. The zero-order chi connectivity index (χ0) is 13.0. The fourth-order valence-electron chi connectivity index (χ4n) is 1.97. The highest BCUT2D eigenvalue weighted by atomic mass is 19.1. The maximum Gasteiger partial charge on any atom is 0.336 e. The van der Waals surface area contributed by atoms with Gasteiger partial charge in [-0.15, -0.1) is 0 Å². The molecule has 1 fully saturated rings. The lowest BCUT2D eigenvalue weighted by Gasteiger charge is -2.11. The average molecular weight is 254 g/mol. The molecule has 1 aliphatic rings. The van der Waals surface area contributed by atoms with Gasteiger partial charge in [0.1, 0.15) is 5.82 Å². The Morgan fingerprint density at radius 3 is 3.06 bits per heavy atom. The van der Waals surface area contributed by atoms with E-state index in [1.807, 2.05) is 0 Å². The summed E-state index contributed by atoms with van der Waals surface area (Å²) in [6.07, 6.45) is 2.05. The molecule has 0 bridgehead atoms. The summed E-state index contributed by atoms with van der Waals surface area (Å²) in [6, 6.07) is 3.58. The Balaban J connectivity index is 1.94. The largest absolute Gasteiger partial charge is 0.478 e. The number of rotatable bonds is 5. The first kappa shape index (κ1) is 13.0. The molecule has 0 spiro atoms. The molecule has 1 heterocycles. The van der Waals surface area contributed by atoms with Crippen molar-refractivity contribution in [2.75, 3.05) is 13.2 Å². The van der Waals surface area contributed by atoms with Crippen molar-refractivity contribution in [1.29, 1.82) is 0 Å². The number of carboxylic acids is 1. The van der Waals surface area contributed by atoms with Crippen molar-refractivity contribution in [2.24, 2.45) is 0 Å². The first-order valence-corrected chi connectivity index (χ1v) is 5.88. The topological polar surface area (TPSA) is 55.8 Å². The molecule has 1 atom stereocenters. The van der Waals surface area contributed by atoms with Gasteiger partial charge >= 0.3 is 5.97 Å². The molecule has 0 amide bonds. The minimum atomic E-state index is -1.08. The summed E-state index contributed by atoms with van der Waals surface area (Å²) in [5.41, 5.74) is 0.421. The summed E-state index contributed by atoms with van der Waals surface area (Å²) in [5.74, 6) is -1.54. The van der Waals surface area contributed by atoms with Crippen LogP contribution < -0.4 is 0 Å². The first-order chi connectivity index (χ1) is 8.66. The van der Waals surface area contributed by atoms with Crippen molar-refractivity contribution in [3.63, 3.8) is 0 Å². The molecule has 5 heteroatoms. The van der Waals surface area contributed by atoms with Gasteiger partial charge in [0.05, 0.1) is 24.9 Å². The number of benzene rings is 1. The van der Waals surface area contributed by atoms with Gasteiger partial charge in [-0.2, -0.15) is 0 Å². The van der Waals surface area contributed by atoms with E-state index in [-0.39, 0.29) is 18.3 Å². The van der Waals surface area contributed by atoms with E-state index in [9.17, 15) is 9.18 Å². The first-order valence-electron chi connectivity index (χ1n) is 5.88. The molecule has 18 heavy (non-hydrogen) atoms. The second-order valence-electron chi connectivity index (χ2n) is 4.26. The molecule has 0 radical (unpaired) electrons. The molecule has 1 aliphatic heterocycles. The third-order valence-corrected chi connectivity index (χ3v) is 2.88. The smallest absolute Gasteiger partial charge is 0.336 e. The van der Waals surface area contributed by atoms with Crippen LogP contribution in [0.5, 0.6) is 0 Å². The average Bonchev–Trinajstić information content (AvgIpc) is 2.82. The van der Waals surface area contributed by atoms with Crippen LogP contribution in [0, 0.1) is 5.82 Å². The Kier molecular flexibility index (Phi) is 4.28. The SMILES string of the molecule is O=C(O)c1ccc(F)cc1COCC1CCCO1. The lowest BCUT2D eigenvalue weighted by molar-refractivity contribution is 0.0102. The lowest BCUT2D eigenvalue weighted by atomic mass is 10.1. The minimum Gasteiger partial charge on any atom is -0.478 e. The molecular formula is C13H15FO4. The number of hydrogen-bond donors (Lipinski definition) is 1. The molecule has 1 aromatic rings. The summed E-state index contributed by atoms with van der Waals surface area (Å²) in [5, 5.41) is 8.96. The fourth-order valence-corrected chi connectivity index (χ4v) is 1.97. The van der Waals surface area contributed by atoms with Crippen LogP contribution in [0.25, 0.3) is 0 Å². The van der Waals surface area contributed by atoms with Crippen LogP contribution in [0.3, 0.4) is 0 Å². The molecule has 1 saturated heterocycles. The van der Waals surface area contributed by atoms with Crippen molar-refractivity contribution in [1.82, 2.24) is 0 Å². The maximum atomic E-state index is 13.1. The van der Waals surface area contributed by atoms with Crippen molar-refractivity contribution in [3.05, 3.63) is 35.1 Å². The van der Waals surface area contributed by atoms with E-state index in [1.54, 1.807) is 0 Å². The summed E-state index contributed by atoms with van der Waals surface area (Å²) in [7, 11) is 0. The second-order valence-corrected chi connectivity index (χ2v) is 4.26. The predicted molar refractivity (Wildman–Crippen MR) is 62.0 cm³/mol. The van der Waals surface area contributed by atoms with Crippen molar-refractivity contribution >= 4 is 5.97 Å². The van der Waals surface area contributed by atoms with Crippen molar-refractivity contribution in [3.8, 4) is 0 Å². The van der Waals surface area contributed by atoms with Gasteiger partial charge < -0.3 is 14.6 Å². The molecule has 1 N–H and O–H groups in total. The summed E-state index contributed by atoms with van der Waals surface area (Å²) >= 11 is 0. The Bertz CT molecular complexity index is 427. The van der Waals surface area contributed by atoms with Crippen molar-refractivity contribution in [2.45, 2.75) is 25.6 Å². The minimum absolute atomic E-state index is 0.0729. The number of carboxylic acid groups (broad SMARTS) is 1. The zero-order valence-electron chi connectivity index (χ0n) is 9.89. The third-order valence-electron chi connectivity index (χ3n) is 2.88. The van der Waals surface area contributed by atoms with Gasteiger partial charge in [-0.25, -0.2) is 9.18 Å². The standard InChI is InChI=1S/C13H15FO4/c14-10-3-4-12(13(15)16)9(6-10)7-17-8-11-2-1-5-18-11/h3-4,6,11H,1-2,5,7-8H2,(H,15,16). The van der Waals surface area contributed by atoms with Crippen molar-refractivity contribution < 1.29 is 23.8 Å².